The average Bonchev–Trinajstić information content (AvgIpc) is 2.94. The van der Waals surface area contributed by atoms with Crippen molar-refractivity contribution in [3.8, 4) is 0 Å². The molecule has 38 heavy (non-hydrogen) atoms. The van der Waals surface area contributed by atoms with Crippen LogP contribution in [0.25, 0.3) is 5.57 Å². The van der Waals surface area contributed by atoms with Crippen molar-refractivity contribution in [2.75, 3.05) is 42.5 Å². The summed E-state index contributed by atoms with van der Waals surface area (Å²) < 4.78 is 0. The molecule has 0 aromatic heterocycles. The maximum Gasteiger partial charge on any atom is 0.178 e. The predicted molar refractivity (Wildman–Crippen MR) is 165 cm³/mol. The summed E-state index contributed by atoms with van der Waals surface area (Å²) in [5.74, 6) is 0.0353. The van der Waals surface area contributed by atoms with E-state index in [1.54, 1.807) is 0 Å². The van der Waals surface area contributed by atoms with E-state index in [9.17, 15) is 4.79 Å². The van der Waals surface area contributed by atoms with Gasteiger partial charge in [0.2, 0.25) is 0 Å². The molecule has 0 fully saturated rings. The third-order valence-corrected chi connectivity index (χ3v) is 7.67. The first-order valence-electron chi connectivity index (χ1n) is 15.3. The molecule has 0 bridgehead atoms. The van der Waals surface area contributed by atoms with Crippen molar-refractivity contribution in [1.82, 2.24) is 5.32 Å². The van der Waals surface area contributed by atoms with Crippen LogP contribution in [0.4, 0.5) is 11.4 Å². The topological polar surface area (TPSA) is 35.6 Å². The summed E-state index contributed by atoms with van der Waals surface area (Å²) in [6, 6.07) is 17.4. The molecule has 2 aromatic carbocycles. The lowest BCUT2D eigenvalue weighted by Gasteiger charge is -2.34. The van der Waals surface area contributed by atoms with Gasteiger partial charge < -0.3 is 15.1 Å². The molecule has 4 heteroatoms. The SMILES string of the molecule is CCCCN(CCCC)c1ccc(C2=C(NCC)C(c3ccc(N(CCCC)CCCC)cc3)C2=O)cc1. The average molecular weight is 518 g/mol. The Bertz CT molecular complexity index is 993. The van der Waals surface area contributed by atoms with Gasteiger partial charge in [0.15, 0.2) is 5.78 Å². The zero-order valence-corrected chi connectivity index (χ0v) is 24.7. The fourth-order valence-corrected chi connectivity index (χ4v) is 5.32. The van der Waals surface area contributed by atoms with E-state index in [0.717, 1.165) is 55.1 Å². The minimum atomic E-state index is -0.191. The summed E-state index contributed by atoms with van der Waals surface area (Å²) >= 11 is 0. The number of hydrogen-bond donors (Lipinski definition) is 1. The number of anilines is 2. The Balaban J connectivity index is 1.81. The highest BCUT2D eigenvalue weighted by molar-refractivity contribution is 6.32. The first-order chi connectivity index (χ1) is 18.6. The van der Waals surface area contributed by atoms with Crippen molar-refractivity contribution in [3.05, 3.63) is 65.4 Å². The second-order valence-corrected chi connectivity index (χ2v) is 10.6. The highest BCUT2D eigenvalue weighted by Gasteiger charge is 2.40. The smallest absolute Gasteiger partial charge is 0.178 e. The monoisotopic (exact) mass is 517 g/mol. The lowest BCUT2D eigenvalue weighted by molar-refractivity contribution is -0.115. The van der Waals surface area contributed by atoms with Crippen LogP contribution in [0.2, 0.25) is 0 Å². The van der Waals surface area contributed by atoms with Crippen LogP contribution in [-0.2, 0) is 4.79 Å². The molecular formula is C34H51N3O. The number of Topliss-reactive ketones (excluding diaryl/α,β-unsaturated/α-hetero) is 1. The summed E-state index contributed by atoms with van der Waals surface area (Å²) in [7, 11) is 0. The van der Waals surface area contributed by atoms with E-state index < -0.39 is 0 Å². The summed E-state index contributed by atoms with van der Waals surface area (Å²) in [5, 5.41) is 3.53. The molecule has 3 rings (SSSR count). The van der Waals surface area contributed by atoms with E-state index in [-0.39, 0.29) is 11.7 Å². The fraction of sp³-hybridized carbons (Fsp3) is 0.559. The van der Waals surface area contributed by atoms with Gasteiger partial charge in [0, 0.05) is 55.4 Å². The van der Waals surface area contributed by atoms with Crippen LogP contribution >= 0.6 is 0 Å². The number of carbonyl (C=O) groups excluding carboxylic acids is 1. The number of nitrogens with zero attached hydrogens (tertiary/aromatic N) is 2. The maximum atomic E-state index is 13.5. The molecule has 0 saturated heterocycles. The zero-order valence-electron chi connectivity index (χ0n) is 24.7. The van der Waals surface area contributed by atoms with Gasteiger partial charge >= 0.3 is 0 Å². The number of hydrogen-bond acceptors (Lipinski definition) is 4. The molecule has 1 atom stereocenters. The summed E-state index contributed by atoms with van der Waals surface area (Å²) in [4.78, 5) is 18.5. The molecule has 1 aliphatic rings. The third kappa shape index (κ3) is 7.42. The number of unbranched alkanes of at least 4 members (excludes halogenated alkanes) is 4. The van der Waals surface area contributed by atoms with Gasteiger partial charge in [-0.2, -0.15) is 0 Å². The van der Waals surface area contributed by atoms with Gasteiger partial charge in [0.1, 0.15) is 0 Å². The molecule has 1 N–H and O–H groups in total. The third-order valence-electron chi connectivity index (χ3n) is 7.67. The second-order valence-electron chi connectivity index (χ2n) is 10.6. The Morgan fingerprint density at radius 3 is 1.45 bits per heavy atom. The molecule has 0 aliphatic heterocycles. The van der Waals surface area contributed by atoms with E-state index in [2.05, 4.69) is 98.3 Å². The number of likely N-dealkylation sites (N-methyl/N-ethyl adjacent to an activating group) is 1. The summed E-state index contributed by atoms with van der Waals surface area (Å²) in [6.45, 7) is 16.3. The minimum Gasteiger partial charge on any atom is -0.387 e. The van der Waals surface area contributed by atoms with Gasteiger partial charge in [0.05, 0.1) is 5.92 Å². The molecule has 0 saturated carbocycles. The Labute approximate surface area is 232 Å². The number of nitrogens with one attached hydrogen (secondary N) is 1. The van der Waals surface area contributed by atoms with E-state index in [0.29, 0.717) is 0 Å². The van der Waals surface area contributed by atoms with Crippen LogP contribution in [0.5, 0.6) is 0 Å². The normalized spacial score (nSPS) is 15.0. The zero-order chi connectivity index (χ0) is 27.3. The fourth-order valence-electron chi connectivity index (χ4n) is 5.32. The number of rotatable bonds is 18. The number of ketones is 1. The lowest BCUT2D eigenvalue weighted by Crippen LogP contribution is -2.36. The van der Waals surface area contributed by atoms with Gasteiger partial charge in [-0.05, 0) is 68.0 Å². The molecule has 0 spiro atoms. The quantitative estimate of drug-likeness (QED) is 0.216. The first-order valence-corrected chi connectivity index (χ1v) is 15.3. The van der Waals surface area contributed by atoms with Crippen molar-refractivity contribution in [2.45, 2.75) is 91.9 Å². The van der Waals surface area contributed by atoms with Crippen LogP contribution in [0, 0.1) is 0 Å². The van der Waals surface area contributed by atoms with Crippen LogP contribution in [0.3, 0.4) is 0 Å². The van der Waals surface area contributed by atoms with Crippen molar-refractivity contribution in [1.29, 1.82) is 0 Å². The van der Waals surface area contributed by atoms with Gasteiger partial charge in [-0.15, -0.1) is 0 Å². The second kappa shape index (κ2) is 15.6. The molecule has 208 valence electrons. The van der Waals surface area contributed by atoms with Crippen LogP contribution in [-0.4, -0.2) is 38.5 Å². The summed E-state index contributed by atoms with van der Waals surface area (Å²) in [5.41, 5.74) is 6.57. The molecule has 4 nitrogen and oxygen atoms in total. The van der Waals surface area contributed by atoms with Crippen LogP contribution in [0.1, 0.15) is 103 Å². The van der Waals surface area contributed by atoms with Crippen molar-refractivity contribution in [2.24, 2.45) is 0 Å². The highest BCUT2D eigenvalue weighted by Crippen LogP contribution is 2.43. The van der Waals surface area contributed by atoms with Gasteiger partial charge in [0.25, 0.3) is 0 Å². The molecule has 1 aliphatic carbocycles. The van der Waals surface area contributed by atoms with Gasteiger partial charge in [-0.3, -0.25) is 4.79 Å². The van der Waals surface area contributed by atoms with Crippen molar-refractivity contribution < 1.29 is 4.79 Å². The van der Waals surface area contributed by atoms with E-state index >= 15 is 0 Å². The number of benzene rings is 2. The van der Waals surface area contributed by atoms with E-state index in [1.807, 2.05) is 0 Å². The van der Waals surface area contributed by atoms with Gasteiger partial charge in [-0.25, -0.2) is 0 Å². The first kappa shape index (κ1) is 29.8. The van der Waals surface area contributed by atoms with E-state index in [4.69, 9.17) is 0 Å². The lowest BCUT2D eigenvalue weighted by atomic mass is 9.73. The molecule has 2 aromatic rings. The Kier molecular flexibility index (Phi) is 12.2. The molecule has 0 radical (unpaired) electrons. The standard InChI is InChI=1S/C34H51N3O/c1-6-11-23-36(24-12-7-2)29-19-15-27(16-20-29)31-33(35-10-5)32(34(31)38)28-17-21-30(22-18-28)37(25-13-8-3)26-14-9-4/h15-22,31,35H,6-14,23-26H2,1-5H3. The Morgan fingerprint density at radius 2 is 1.05 bits per heavy atom. The van der Waals surface area contributed by atoms with Gasteiger partial charge in [-0.1, -0.05) is 77.6 Å². The number of allylic oxidation sites excluding steroid dienone is 2. The highest BCUT2D eigenvalue weighted by atomic mass is 16.1. The molecule has 1 unspecified atom stereocenters. The van der Waals surface area contributed by atoms with Crippen LogP contribution in [0.15, 0.2) is 54.2 Å². The maximum absolute atomic E-state index is 13.5. The largest absolute Gasteiger partial charge is 0.387 e. The predicted octanol–water partition coefficient (Wildman–Crippen LogP) is 8.19. The molecule has 0 heterocycles. The number of carbonyl (C=O) groups is 1. The summed E-state index contributed by atoms with van der Waals surface area (Å²) in [6.07, 6.45) is 9.62. The Morgan fingerprint density at radius 1 is 0.632 bits per heavy atom. The Hall–Kier alpha value is -2.75. The molecule has 0 amide bonds. The van der Waals surface area contributed by atoms with Crippen LogP contribution < -0.4 is 15.1 Å². The van der Waals surface area contributed by atoms with Crippen molar-refractivity contribution >= 4 is 22.7 Å². The minimum absolute atomic E-state index is 0.191. The van der Waals surface area contributed by atoms with Crippen molar-refractivity contribution in [3.63, 3.8) is 0 Å². The van der Waals surface area contributed by atoms with E-state index in [1.165, 1.54) is 62.7 Å². The molecular weight excluding hydrogens is 466 g/mol.